The maximum absolute atomic E-state index is 12.2. The molecule has 0 aromatic carbocycles. The zero-order valence-electron chi connectivity index (χ0n) is 18.6. The molecule has 0 heterocycles. The third-order valence-electron chi connectivity index (χ3n) is 9.41. The van der Waals surface area contributed by atoms with Gasteiger partial charge in [-0.25, -0.2) is 0 Å². The second-order valence-corrected chi connectivity index (χ2v) is 10.8. The fraction of sp³-hybridized carbons (Fsp3) is 0.800. The number of allylic oxidation sites excluding steroid dienone is 2. The monoisotopic (exact) mass is 415 g/mol. The molecule has 5 heteroatoms. The van der Waals surface area contributed by atoms with Crippen LogP contribution in [0.2, 0.25) is 0 Å². The Hall–Kier alpha value is -1.65. The van der Waals surface area contributed by atoms with E-state index < -0.39 is 11.9 Å². The van der Waals surface area contributed by atoms with E-state index in [1.165, 1.54) is 12.8 Å². The average Bonchev–Trinajstić information content (AvgIpc) is 3.04. The van der Waals surface area contributed by atoms with Crippen molar-refractivity contribution in [3.63, 3.8) is 0 Å². The predicted molar refractivity (Wildman–Crippen MR) is 110 cm³/mol. The minimum absolute atomic E-state index is 0.0575. The quantitative estimate of drug-likeness (QED) is 0.641. The number of ketones is 1. The molecule has 3 fully saturated rings. The first-order chi connectivity index (χ1) is 14.1. The van der Waals surface area contributed by atoms with Crippen LogP contribution in [0, 0.1) is 34.5 Å². The Labute approximate surface area is 179 Å². The molecule has 3 saturated carbocycles. The Bertz CT molecular complexity index is 770. The van der Waals surface area contributed by atoms with Crippen molar-refractivity contribution in [1.29, 1.82) is 0 Å². The molecule has 0 saturated heterocycles. The molecule has 4 aliphatic carbocycles. The van der Waals surface area contributed by atoms with Crippen LogP contribution < -0.4 is 5.11 Å². The number of hydrogen-bond donors (Lipinski definition) is 0. The van der Waals surface area contributed by atoms with Crippen LogP contribution in [-0.2, 0) is 19.1 Å². The van der Waals surface area contributed by atoms with Crippen LogP contribution in [0.4, 0.5) is 0 Å². The van der Waals surface area contributed by atoms with Gasteiger partial charge in [-0.3, -0.25) is 9.59 Å². The van der Waals surface area contributed by atoms with E-state index in [0.717, 1.165) is 44.1 Å². The molecule has 166 valence electrons. The summed E-state index contributed by atoms with van der Waals surface area (Å²) in [5, 5.41) is 10.6. The van der Waals surface area contributed by atoms with E-state index >= 15 is 0 Å². The number of carboxylic acids is 1. The van der Waals surface area contributed by atoms with E-state index in [2.05, 4.69) is 19.9 Å². The first kappa shape index (κ1) is 21.6. The summed E-state index contributed by atoms with van der Waals surface area (Å²) in [4.78, 5) is 34.8. The van der Waals surface area contributed by atoms with Crippen molar-refractivity contribution in [3.8, 4) is 0 Å². The Balaban J connectivity index is 1.42. The molecule has 0 N–H and O–H groups in total. The molecule has 0 aromatic heterocycles. The second-order valence-electron chi connectivity index (χ2n) is 10.8. The van der Waals surface area contributed by atoms with Crippen molar-refractivity contribution < 1.29 is 24.2 Å². The lowest BCUT2D eigenvalue weighted by Crippen LogP contribution is -2.54. The number of carboxylic acid groups (broad SMARTS) is 1. The predicted octanol–water partition coefficient (Wildman–Crippen LogP) is 3.60. The number of carbonyl (C=O) groups excluding carboxylic acids is 3. The van der Waals surface area contributed by atoms with Crippen molar-refractivity contribution in [1.82, 2.24) is 0 Å². The van der Waals surface area contributed by atoms with Gasteiger partial charge in [0.2, 0.25) is 0 Å². The summed E-state index contributed by atoms with van der Waals surface area (Å²) in [6.45, 7) is 6.50. The highest BCUT2D eigenvalue weighted by Gasteiger charge is 2.59. The van der Waals surface area contributed by atoms with E-state index in [-0.39, 0.29) is 35.6 Å². The molecule has 0 bridgehead atoms. The van der Waals surface area contributed by atoms with Crippen molar-refractivity contribution in [2.75, 3.05) is 0 Å². The molecule has 5 nitrogen and oxygen atoms in total. The standard InChI is InChI=1S/C25H36O5/c1-15(26)19-6-7-20-18-5-4-16-14-17(30-23(29)9-8-22(27)28)10-12-24(16,2)21(18)11-13-25(19,20)3/h6,16-18,20-21H,4-5,7-14H2,1-3H3,(H,27,28)/p-1/t16-,17-,18-,20+,21+,24-,25+/m0/s1. The molecule has 0 aliphatic heterocycles. The second kappa shape index (κ2) is 7.80. The molecule has 0 spiro atoms. The highest BCUT2D eigenvalue weighted by atomic mass is 16.5. The summed E-state index contributed by atoms with van der Waals surface area (Å²) < 4.78 is 5.62. The summed E-state index contributed by atoms with van der Waals surface area (Å²) in [6.07, 6.45) is 10.3. The first-order valence-electron chi connectivity index (χ1n) is 11.8. The Kier molecular flexibility index (Phi) is 5.61. The molecule has 4 aliphatic rings. The third-order valence-corrected chi connectivity index (χ3v) is 9.41. The number of aliphatic carboxylic acids is 1. The van der Waals surface area contributed by atoms with Gasteiger partial charge >= 0.3 is 5.97 Å². The molecular weight excluding hydrogens is 380 g/mol. The van der Waals surface area contributed by atoms with Crippen molar-refractivity contribution >= 4 is 17.7 Å². The molecule has 0 aromatic rings. The zero-order chi connectivity index (χ0) is 21.7. The van der Waals surface area contributed by atoms with Crippen LogP contribution in [0.15, 0.2) is 11.6 Å². The van der Waals surface area contributed by atoms with Crippen molar-refractivity contribution in [2.24, 2.45) is 34.5 Å². The minimum Gasteiger partial charge on any atom is -0.550 e. The molecule has 7 atom stereocenters. The average molecular weight is 416 g/mol. The van der Waals surface area contributed by atoms with E-state index in [0.29, 0.717) is 23.7 Å². The summed E-state index contributed by atoms with van der Waals surface area (Å²) >= 11 is 0. The topological polar surface area (TPSA) is 83.5 Å². The number of esters is 1. The van der Waals surface area contributed by atoms with Crippen LogP contribution in [0.1, 0.15) is 85.0 Å². The van der Waals surface area contributed by atoms with E-state index in [1.807, 2.05) is 0 Å². The van der Waals surface area contributed by atoms with Gasteiger partial charge in [0.05, 0.1) is 6.42 Å². The number of hydrogen-bond acceptors (Lipinski definition) is 5. The SMILES string of the molecule is CC(=O)C1=CC[C@@H]2[C@@H]3CC[C@H]4C[C@@H](OC(=O)CCC(=O)[O-])CC[C@]4(C)[C@@H]3CC[C@]12C. The molecule has 0 amide bonds. The fourth-order valence-electron chi connectivity index (χ4n) is 7.89. The smallest absolute Gasteiger partial charge is 0.306 e. The highest BCUT2D eigenvalue weighted by molar-refractivity contribution is 5.95. The Morgan fingerprint density at radius 2 is 1.83 bits per heavy atom. The summed E-state index contributed by atoms with van der Waals surface area (Å²) in [5.74, 6) is 1.14. The van der Waals surface area contributed by atoms with Crippen LogP contribution in [0.25, 0.3) is 0 Å². The minimum atomic E-state index is -1.21. The number of Topliss-reactive ketones (excluding diaryl/α,β-unsaturated/α-hetero) is 1. The summed E-state index contributed by atoms with van der Waals surface area (Å²) in [5.41, 5.74) is 1.41. The molecule has 30 heavy (non-hydrogen) atoms. The van der Waals surface area contributed by atoms with Gasteiger partial charge in [0.15, 0.2) is 5.78 Å². The van der Waals surface area contributed by atoms with Crippen LogP contribution in [-0.4, -0.2) is 23.8 Å². The van der Waals surface area contributed by atoms with Gasteiger partial charge in [-0.15, -0.1) is 0 Å². The van der Waals surface area contributed by atoms with Gasteiger partial charge in [-0.1, -0.05) is 19.9 Å². The lowest BCUT2D eigenvalue weighted by atomic mass is 9.44. The summed E-state index contributed by atoms with van der Waals surface area (Å²) in [7, 11) is 0. The number of rotatable bonds is 5. The number of carbonyl (C=O) groups is 3. The molecular formula is C25H35O5-. The molecule has 0 unspecified atom stereocenters. The number of fused-ring (bicyclic) bond motifs is 5. The fourth-order valence-corrected chi connectivity index (χ4v) is 7.89. The molecule has 4 rings (SSSR count). The van der Waals surface area contributed by atoms with Gasteiger partial charge in [0.1, 0.15) is 6.10 Å². The van der Waals surface area contributed by atoms with Crippen molar-refractivity contribution in [3.05, 3.63) is 11.6 Å². The first-order valence-corrected chi connectivity index (χ1v) is 11.8. The lowest BCUT2D eigenvalue weighted by molar-refractivity contribution is -0.305. The van der Waals surface area contributed by atoms with Crippen molar-refractivity contribution in [2.45, 2.75) is 91.1 Å². The van der Waals surface area contributed by atoms with Crippen LogP contribution in [0.3, 0.4) is 0 Å². The molecule has 0 radical (unpaired) electrons. The largest absolute Gasteiger partial charge is 0.550 e. The van der Waals surface area contributed by atoms with E-state index in [9.17, 15) is 19.5 Å². The highest BCUT2D eigenvalue weighted by Crippen LogP contribution is 2.66. The van der Waals surface area contributed by atoms with Gasteiger partial charge in [-0.05, 0) is 105 Å². The lowest BCUT2D eigenvalue weighted by Gasteiger charge is -2.60. The maximum atomic E-state index is 12.2. The van der Waals surface area contributed by atoms with E-state index in [1.54, 1.807) is 6.92 Å². The van der Waals surface area contributed by atoms with Crippen LogP contribution >= 0.6 is 0 Å². The van der Waals surface area contributed by atoms with Gasteiger partial charge in [0.25, 0.3) is 0 Å². The van der Waals surface area contributed by atoms with Crippen LogP contribution in [0.5, 0.6) is 0 Å². The van der Waals surface area contributed by atoms with Gasteiger partial charge in [0, 0.05) is 5.97 Å². The Morgan fingerprint density at radius 1 is 1.07 bits per heavy atom. The Morgan fingerprint density at radius 3 is 2.53 bits per heavy atom. The maximum Gasteiger partial charge on any atom is 0.306 e. The van der Waals surface area contributed by atoms with Gasteiger partial charge < -0.3 is 14.6 Å². The number of ether oxygens (including phenoxy) is 1. The summed E-state index contributed by atoms with van der Waals surface area (Å²) in [6, 6.07) is 0. The zero-order valence-corrected chi connectivity index (χ0v) is 18.6. The third kappa shape index (κ3) is 3.52. The van der Waals surface area contributed by atoms with Gasteiger partial charge in [-0.2, -0.15) is 0 Å². The van der Waals surface area contributed by atoms with E-state index in [4.69, 9.17) is 4.74 Å². The normalized spacial score (nSPS) is 42.4.